The Bertz CT molecular complexity index is 2180. The summed E-state index contributed by atoms with van der Waals surface area (Å²) in [4.78, 5) is 56.8. The third-order valence-electron chi connectivity index (χ3n) is 7.28. The Labute approximate surface area is 244 Å². The molecule has 3 aromatic carbocycles. The van der Waals surface area contributed by atoms with Crippen molar-refractivity contribution in [2.24, 2.45) is 4.99 Å². The number of nitrogens with zero attached hydrogens (tertiary/aromatic N) is 3. The fourth-order valence-electron chi connectivity index (χ4n) is 5.19. The average Bonchev–Trinajstić information content (AvgIpc) is 2.96. The van der Waals surface area contributed by atoms with E-state index in [2.05, 4.69) is 4.99 Å². The van der Waals surface area contributed by atoms with Crippen molar-refractivity contribution in [3.63, 3.8) is 0 Å². The smallest absolute Gasteiger partial charge is 0.347 e. The summed E-state index contributed by atoms with van der Waals surface area (Å²) in [5.41, 5.74) is 1.60. The van der Waals surface area contributed by atoms with Crippen LogP contribution in [-0.4, -0.2) is 27.8 Å². The Balaban J connectivity index is 1.64. The lowest BCUT2D eigenvalue weighted by molar-refractivity contribution is -0.141. The highest BCUT2D eigenvalue weighted by atomic mass is 16.4. The Hall–Kier alpha value is -5.77. The summed E-state index contributed by atoms with van der Waals surface area (Å²) in [6.07, 6.45) is 1.13. The average molecular weight is 576 g/mol. The predicted molar refractivity (Wildman–Crippen MR) is 162 cm³/mol. The summed E-state index contributed by atoms with van der Waals surface area (Å²) in [6.45, 7) is 6.50. The maximum Gasteiger partial charge on any atom is 0.347 e. The molecule has 5 aromatic rings. The molecule has 0 radical (unpaired) electrons. The predicted octanol–water partition coefficient (Wildman–Crippen LogP) is 5.13. The van der Waals surface area contributed by atoms with Crippen LogP contribution in [0, 0.1) is 20.8 Å². The summed E-state index contributed by atoms with van der Waals surface area (Å²) in [5.74, 6) is -1.61. The summed E-state index contributed by atoms with van der Waals surface area (Å²) in [7, 11) is 0. The number of carbonyl (C=O) groups is 2. The zero-order valence-electron chi connectivity index (χ0n) is 23.7. The van der Waals surface area contributed by atoms with Crippen LogP contribution >= 0.6 is 0 Å². The summed E-state index contributed by atoms with van der Waals surface area (Å²) < 4.78 is 10.9. The molecule has 1 aliphatic heterocycles. The number of aliphatic imine (C=N–C) groups is 1. The number of imide groups is 1. The van der Waals surface area contributed by atoms with E-state index in [0.717, 1.165) is 11.1 Å². The molecule has 2 aromatic heterocycles. The SMILES string of the molecule is CC(=O)N1C(=O)/C(=C\c2c(O)c3cccc(C)c3oc2=O)N=C(c2ccccc2)N1c1cc2c(C)cc(=O)oc2cc1C. The van der Waals surface area contributed by atoms with E-state index in [1.165, 1.54) is 18.0 Å². The van der Waals surface area contributed by atoms with Crippen molar-refractivity contribution < 1.29 is 23.5 Å². The summed E-state index contributed by atoms with van der Waals surface area (Å²) in [6, 6.07) is 18.7. The van der Waals surface area contributed by atoms with E-state index < -0.39 is 23.1 Å². The maximum absolute atomic E-state index is 14.0. The van der Waals surface area contributed by atoms with Crippen molar-refractivity contribution in [2.45, 2.75) is 27.7 Å². The lowest BCUT2D eigenvalue weighted by Gasteiger charge is -2.38. The standard InChI is InChI=1S/C33H25N3O7/c1-17-9-8-12-22-29(39)24(33(41)43-30(17)22)15-25-32(40)35(20(4)37)36(31(34-25)21-10-6-5-7-11-21)26-16-23-18(2)14-28(38)42-27(23)13-19(26)3/h5-16,39H,1-4H3/b25-15+. The van der Waals surface area contributed by atoms with Gasteiger partial charge in [0.15, 0.2) is 5.84 Å². The largest absolute Gasteiger partial charge is 0.506 e. The van der Waals surface area contributed by atoms with Crippen molar-refractivity contribution in [2.75, 3.05) is 5.01 Å². The number of carbonyl (C=O) groups excluding carboxylic acids is 2. The first kappa shape index (κ1) is 27.4. The molecule has 0 atom stereocenters. The molecule has 0 saturated carbocycles. The van der Waals surface area contributed by atoms with Gasteiger partial charge in [0.1, 0.15) is 28.2 Å². The molecule has 6 rings (SSSR count). The molecule has 0 bridgehead atoms. The van der Waals surface area contributed by atoms with E-state index in [1.807, 2.05) is 6.07 Å². The van der Waals surface area contributed by atoms with Crippen LogP contribution in [0.1, 0.15) is 34.7 Å². The quantitative estimate of drug-likeness (QED) is 0.231. The minimum absolute atomic E-state index is 0.208. The molecule has 0 spiro atoms. The van der Waals surface area contributed by atoms with Gasteiger partial charge in [-0.15, -0.1) is 0 Å². The molecule has 10 nitrogen and oxygen atoms in total. The number of hydrogen-bond donors (Lipinski definition) is 1. The topological polar surface area (TPSA) is 134 Å². The molecule has 1 aliphatic rings. The van der Waals surface area contributed by atoms with Crippen LogP contribution in [0.3, 0.4) is 0 Å². The first-order chi connectivity index (χ1) is 20.5. The zero-order chi connectivity index (χ0) is 30.6. The van der Waals surface area contributed by atoms with Crippen LogP contribution in [0.2, 0.25) is 0 Å². The number of amides is 2. The van der Waals surface area contributed by atoms with Crippen LogP contribution in [-0.2, 0) is 9.59 Å². The molecular formula is C33H25N3O7. The number of benzene rings is 3. The zero-order valence-corrected chi connectivity index (χ0v) is 23.7. The third kappa shape index (κ3) is 4.58. The number of fused-ring (bicyclic) bond motifs is 2. The lowest BCUT2D eigenvalue weighted by Crippen LogP contribution is -2.56. The van der Waals surface area contributed by atoms with E-state index in [1.54, 1.807) is 75.4 Å². The molecule has 214 valence electrons. The number of hydrazine groups is 1. The number of aromatic hydroxyl groups is 1. The number of hydrogen-bond acceptors (Lipinski definition) is 9. The summed E-state index contributed by atoms with van der Waals surface area (Å²) >= 11 is 0. The normalized spacial score (nSPS) is 14.6. The minimum Gasteiger partial charge on any atom is -0.506 e. The molecular weight excluding hydrogens is 550 g/mol. The Kier molecular flexibility index (Phi) is 6.53. The van der Waals surface area contributed by atoms with E-state index >= 15 is 0 Å². The first-order valence-electron chi connectivity index (χ1n) is 13.4. The number of amidine groups is 1. The van der Waals surface area contributed by atoms with Crippen LogP contribution in [0.5, 0.6) is 5.75 Å². The molecule has 2 amide bonds. The van der Waals surface area contributed by atoms with Gasteiger partial charge in [0.2, 0.25) is 5.91 Å². The van der Waals surface area contributed by atoms with Gasteiger partial charge in [-0.1, -0.05) is 42.5 Å². The van der Waals surface area contributed by atoms with Gasteiger partial charge in [0.05, 0.1) is 11.1 Å². The Morgan fingerprint density at radius 1 is 0.860 bits per heavy atom. The van der Waals surface area contributed by atoms with Crippen LogP contribution in [0.25, 0.3) is 28.0 Å². The van der Waals surface area contributed by atoms with Gasteiger partial charge >= 0.3 is 11.3 Å². The van der Waals surface area contributed by atoms with E-state index in [-0.39, 0.29) is 28.4 Å². The fourth-order valence-corrected chi connectivity index (χ4v) is 5.19. The highest BCUT2D eigenvalue weighted by molar-refractivity contribution is 6.22. The molecule has 0 unspecified atom stereocenters. The van der Waals surface area contributed by atoms with Crippen LogP contribution in [0.4, 0.5) is 5.69 Å². The second kappa shape index (κ2) is 10.3. The van der Waals surface area contributed by atoms with Gasteiger partial charge in [-0.05, 0) is 61.7 Å². The molecule has 43 heavy (non-hydrogen) atoms. The number of rotatable bonds is 3. The van der Waals surface area contributed by atoms with E-state index in [4.69, 9.17) is 8.83 Å². The van der Waals surface area contributed by atoms with E-state index in [0.29, 0.717) is 44.3 Å². The van der Waals surface area contributed by atoms with Gasteiger partial charge in [-0.3, -0.25) is 9.59 Å². The first-order valence-corrected chi connectivity index (χ1v) is 13.4. The monoisotopic (exact) mass is 575 g/mol. The Morgan fingerprint density at radius 3 is 2.33 bits per heavy atom. The van der Waals surface area contributed by atoms with Gasteiger partial charge in [-0.2, -0.15) is 5.01 Å². The molecule has 1 N–H and O–H groups in total. The van der Waals surface area contributed by atoms with Gasteiger partial charge in [0, 0.05) is 23.9 Å². The molecule has 3 heterocycles. The van der Waals surface area contributed by atoms with Gasteiger partial charge in [0.25, 0.3) is 5.91 Å². The van der Waals surface area contributed by atoms with Gasteiger partial charge < -0.3 is 13.9 Å². The van der Waals surface area contributed by atoms with Crippen molar-refractivity contribution in [3.8, 4) is 5.75 Å². The molecule has 10 heteroatoms. The summed E-state index contributed by atoms with van der Waals surface area (Å²) in [5, 5.41) is 14.3. The van der Waals surface area contributed by atoms with Crippen LogP contribution in [0.15, 0.2) is 95.8 Å². The van der Waals surface area contributed by atoms with Crippen molar-refractivity contribution in [3.05, 3.63) is 121 Å². The number of para-hydroxylation sites is 1. The second-order valence-corrected chi connectivity index (χ2v) is 10.3. The van der Waals surface area contributed by atoms with Crippen LogP contribution < -0.4 is 16.3 Å². The molecule has 0 aliphatic carbocycles. The van der Waals surface area contributed by atoms with Crippen molar-refractivity contribution in [1.29, 1.82) is 0 Å². The Morgan fingerprint density at radius 2 is 1.60 bits per heavy atom. The van der Waals surface area contributed by atoms with E-state index in [9.17, 15) is 24.3 Å². The van der Waals surface area contributed by atoms with Crippen molar-refractivity contribution in [1.82, 2.24) is 5.01 Å². The highest BCUT2D eigenvalue weighted by Crippen LogP contribution is 2.35. The third-order valence-corrected chi connectivity index (χ3v) is 7.28. The number of anilines is 1. The lowest BCUT2D eigenvalue weighted by atomic mass is 10.0. The second-order valence-electron chi connectivity index (χ2n) is 10.3. The fraction of sp³-hybridized carbons (Fsp3) is 0.121. The molecule has 0 fully saturated rings. The minimum atomic E-state index is -0.866. The van der Waals surface area contributed by atoms with Gasteiger partial charge in [-0.25, -0.2) is 19.6 Å². The van der Waals surface area contributed by atoms with Crippen molar-refractivity contribution >= 4 is 51.4 Å². The highest BCUT2D eigenvalue weighted by Gasteiger charge is 2.38. The maximum atomic E-state index is 14.0. The molecule has 0 saturated heterocycles. The number of aryl methyl sites for hydroxylation is 3.